The molecule has 0 aliphatic heterocycles. The highest BCUT2D eigenvalue weighted by Crippen LogP contribution is 2.38. The van der Waals surface area contributed by atoms with E-state index in [0.717, 1.165) is 37.8 Å². The molecule has 2 rings (SSSR count). The van der Waals surface area contributed by atoms with E-state index in [4.69, 9.17) is 16.2 Å². The maximum Gasteiger partial charge on any atom is 0.405 e. The highest BCUT2D eigenvalue weighted by atomic mass is 16.6. The summed E-state index contributed by atoms with van der Waals surface area (Å²) in [6.07, 6.45) is 3.36. The summed E-state index contributed by atoms with van der Waals surface area (Å²) in [5.74, 6) is 0.957. The molecule has 1 aliphatic carbocycles. The van der Waals surface area contributed by atoms with Gasteiger partial charge in [0, 0.05) is 5.92 Å². The van der Waals surface area contributed by atoms with Crippen molar-refractivity contribution >= 4 is 6.09 Å². The van der Waals surface area contributed by atoms with E-state index < -0.39 is 6.09 Å². The summed E-state index contributed by atoms with van der Waals surface area (Å²) in [5, 5.41) is 0. The second-order valence-corrected chi connectivity index (χ2v) is 5.28. The first-order chi connectivity index (χ1) is 9.20. The molecule has 1 unspecified atom stereocenters. The Hall–Kier alpha value is -1.55. The Balaban J connectivity index is 2.08. The Labute approximate surface area is 114 Å². The SMILES string of the molecule is NCC1CCC(C(OC(N)=O)c2ccccc2)CC1. The summed E-state index contributed by atoms with van der Waals surface area (Å²) >= 11 is 0. The molecule has 0 saturated heterocycles. The predicted octanol–water partition coefficient (Wildman–Crippen LogP) is 2.59. The monoisotopic (exact) mass is 262 g/mol. The van der Waals surface area contributed by atoms with Crippen LogP contribution >= 0.6 is 0 Å². The van der Waals surface area contributed by atoms with Gasteiger partial charge in [-0.25, -0.2) is 4.79 Å². The lowest BCUT2D eigenvalue weighted by Crippen LogP contribution is -2.28. The van der Waals surface area contributed by atoms with E-state index in [1.165, 1.54) is 0 Å². The number of rotatable bonds is 4. The lowest BCUT2D eigenvalue weighted by atomic mass is 9.78. The van der Waals surface area contributed by atoms with Crippen molar-refractivity contribution in [3.05, 3.63) is 35.9 Å². The van der Waals surface area contributed by atoms with Gasteiger partial charge >= 0.3 is 6.09 Å². The summed E-state index contributed by atoms with van der Waals surface area (Å²) in [5.41, 5.74) is 11.9. The van der Waals surface area contributed by atoms with E-state index in [-0.39, 0.29) is 6.10 Å². The van der Waals surface area contributed by atoms with Crippen LogP contribution in [0, 0.1) is 11.8 Å². The molecule has 0 aromatic heterocycles. The van der Waals surface area contributed by atoms with Crippen LogP contribution in [0.3, 0.4) is 0 Å². The maximum absolute atomic E-state index is 11.1. The van der Waals surface area contributed by atoms with Crippen LogP contribution in [0.25, 0.3) is 0 Å². The molecule has 4 N–H and O–H groups in total. The molecule has 4 heteroatoms. The fourth-order valence-electron chi connectivity index (χ4n) is 2.93. The molecule has 1 saturated carbocycles. The lowest BCUT2D eigenvalue weighted by molar-refractivity contribution is 0.0471. The van der Waals surface area contributed by atoms with Crippen LogP contribution in [0.2, 0.25) is 0 Å². The van der Waals surface area contributed by atoms with Gasteiger partial charge in [-0.2, -0.15) is 0 Å². The molecule has 4 nitrogen and oxygen atoms in total. The minimum Gasteiger partial charge on any atom is -0.441 e. The fraction of sp³-hybridized carbons (Fsp3) is 0.533. The van der Waals surface area contributed by atoms with E-state index in [9.17, 15) is 4.79 Å². The van der Waals surface area contributed by atoms with E-state index >= 15 is 0 Å². The van der Waals surface area contributed by atoms with Gasteiger partial charge in [-0.1, -0.05) is 30.3 Å². The Kier molecular flexibility index (Phi) is 4.80. The molecule has 0 bridgehead atoms. The Morgan fingerprint density at radius 3 is 2.37 bits per heavy atom. The number of benzene rings is 1. The van der Waals surface area contributed by atoms with E-state index in [1.54, 1.807) is 0 Å². The van der Waals surface area contributed by atoms with Crippen molar-refractivity contribution in [3.8, 4) is 0 Å². The molecule has 1 aromatic carbocycles. The van der Waals surface area contributed by atoms with Crippen molar-refractivity contribution in [2.45, 2.75) is 31.8 Å². The first-order valence-electron chi connectivity index (χ1n) is 6.91. The number of nitrogens with two attached hydrogens (primary N) is 2. The quantitative estimate of drug-likeness (QED) is 0.875. The molecular formula is C15H22N2O2. The van der Waals surface area contributed by atoms with Gasteiger partial charge in [-0.05, 0) is 43.7 Å². The summed E-state index contributed by atoms with van der Waals surface area (Å²) in [6.45, 7) is 0.749. The third-order valence-electron chi connectivity index (χ3n) is 4.02. The van der Waals surface area contributed by atoms with Gasteiger partial charge in [0.25, 0.3) is 0 Å². The van der Waals surface area contributed by atoms with Crippen molar-refractivity contribution in [2.75, 3.05) is 6.54 Å². The molecule has 1 atom stereocenters. The molecule has 1 aliphatic rings. The number of primary amides is 1. The normalized spacial score (nSPS) is 24.7. The van der Waals surface area contributed by atoms with Gasteiger partial charge < -0.3 is 16.2 Å². The van der Waals surface area contributed by atoms with Crippen LogP contribution in [-0.4, -0.2) is 12.6 Å². The van der Waals surface area contributed by atoms with Crippen LogP contribution in [0.4, 0.5) is 4.79 Å². The molecule has 104 valence electrons. The van der Waals surface area contributed by atoms with Gasteiger partial charge in [0.1, 0.15) is 6.10 Å². The van der Waals surface area contributed by atoms with Crippen LogP contribution in [-0.2, 0) is 4.74 Å². The predicted molar refractivity (Wildman–Crippen MR) is 74.4 cm³/mol. The molecular weight excluding hydrogens is 240 g/mol. The maximum atomic E-state index is 11.1. The van der Waals surface area contributed by atoms with Crippen molar-refractivity contribution in [1.29, 1.82) is 0 Å². The van der Waals surface area contributed by atoms with Crippen LogP contribution in [0.5, 0.6) is 0 Å². The molecule has 0 heterocycles. The third-order valence-corrected chi connectivity index (χ3v) is 4.02. The minimum absolute atomic E-state index is 0.225. The third kappa shape index (κ3) is 3.70. The van der Waals surface area contributed by atoms with Gasteiger partial charge in [-0.15, -0.1) is 0 Å². The first-order valence-corrected chi connectivity index (χ1v) is 6.91. The number of carbonyl (C=O) groups excluding carboxylic acids is 1. The van der Waals surface area contributed by atoms with Gasteiger partial charge in [0.05, 0.1) is 0 Å². The van der Waals surface area contributed by atoms with E-state index in [1.807, 2.05) is 30.3 Å². The van der Waals surface area contributed by atoms with Crippen LogP contribution in [0.1, 0.15) is 37.4 Å². The molecule has 0 spiro atoms. The van der Waals surface area contributed by atoms with Gasteiger partial charge in [0.2, 0.25) is 0 Å². The highest BCUT2D eigenvalue weighted by Gasteiger charge is 2.30. The summed E-state index contributed by atoms with van der Waals surface area (Å²) in [7, 11) is 0. The zero-order chi connectivity index (χ0) is 13.7. The van der Waals surface area contributed by atoms with Crippen LogP contribution in [0.15, 0.2) is 30.3 Å². The van der Waals surface area contributed by atoms with Crippen molar-refractivity contribution in [3.63, 3.8) is 0 Å². The summed E-state index contributed by atoms with van der Waals surface area (Å²) in [6, 6.07) is 9.85. The Morgan fingerprint density at radius 1 is 1.21 bits per heavy atom. The molecule has 0 radical (unpaired) electrons. The van der Waals surface area contributed by atoms with Crippen molar-refractivity contribution in [1.82, 2.24) is 0 Å². The molecule has 19 heavy (non-hydrogen) atoms. The standard InChI is InChI=1S/C15H22N2O2/c16-10-11-6-8-13(9-7-11)14(19-15(17)18)12-4-2-1-3-5-12/h1-5,11,13-14H,6-10,16H2,(H2,17,18). The van der Waals surface area contributed by atoms with Crippen molar-refractivity contribution in [2.24, 2.45) is 23.3 Å². The number of amides is 1. The smallest absolute Gasteiger partial charge is 0.405 e. The molecule has 1 amide bonds. The average molecular weight is 262 g/mol. The molecule has 1 aromatic rings. The number of ether oxygens (including phenoxy) is 1. The Bertz CT molecular complexity index is 400. The lowest BCUT2D eigenvalue weighted by Gasteiger charge is -2.33. The molecule has 1 fully saturated rings. The summed E-state index contributed by atoms with van der Waals surface area (Å²) < 4.78 is 5.35. The average Bonchev–Trinajstić information content (AvgIpc) is 2.46. The van der Waals surface area contributed by atoms with E-state index in [0.29, 0.717) is 11.8 Å². The van der Waals surface area contributed by atoms with Crippen LogP contribution < -0.4 is 11.5 Å². The van der Waals surface area contributed by atoms with Gasteiger partial charge in [-0.3, -0.25) is 0 Å². The Morgan fingerprint density at radius 2 is 1.84 bits per heavy atom. The second kappa shape index (κ2) is 6.57. The second-order valence-electron chi connectivity index (χ2n) is 5.28. The fourth-order valence-corrected chi connectivity index (χ4v) is 2.93. The van der Waals surface area contributed by atoms with Crippen molar-refractivity contribution < 1.29 is 9.53 Å². The largest absolute Gasteiger partial charge is 0.441 e. The topological polar surface area (TPSA) is 78.3 Å². The zero-order valence-corrected chi connectivity index (χ0v) is 11.1. The number of hydrogen-bond acceptors (Lipinski definition) is 3. The minimum atomic E-state index is -0.699. The van der Waals surface area contributed by atoms with Gasteiger partial charge in [0.15, 0.2) is 0 Å². The highest BCUT2D eigenvalue weighted by molar-refractivity contribution is 5.65. The number of hydrogen-bond donors (Lipinski definition) is 2. The van der Waals surface area contributed by atoms with E-state index in [2.05, 4.69) is 0 Å². The number of carbonyl (C=O) groups is 1. The first kappa shape index (κ1) is 13.9. The zero-order valence-electron chi connectivity index (χ0n) is 11.1. The summed E-state index contributed by atoms with van der Waals surface area (Å²) in [4.78, 5) is 11.1.